The number of fused-ring (bicyclic) bond motifs is 1. The molecule has 2 atom stereocenters. The van der Waals surface area contributed by atoms with Crippen molar-refractivity contribution in [3.8, 4) is 0 Å². The second-order valence-corrected chi connectivity index (χ2v) is 3.35. The molecule has 0 spiro atoms. The molecular weight excluding hydrogens is 136 g/mol. The molecule has 2 heteroatoms. The summed E-state index contributed by atoms with van der Waals surface area (Å²) in [4.78, 5) is 0. The third-order valence-corrected chi connectivity index (χ3v) is 2.68. The van der Waals surface area contributed by atoms with E-state index in [1.807, 2.05) is 0 Å². The molecule has 60 valence electrons. The van der Waals surface area contributed by atoms with Gasteiger partial charge in [0.15, 0.2) is 0 Å². The lowest BCUT2D eigenvalue weighted by molar-refractivity contribution is 0.370. The van der Waals surface area contributed by atoms with E-state index in [9.17, 15) is 0 Å². The Kier molecular flexibility index (Phi) is 1.50. The molecule has 0 bridgehead atoms. The number of piperidine rings is 1. The van der Waals surface area contributed by atoms with E-state index in [-0.39, 0.29) is 0 Å². The smallest absolute Gasteiger partial charge is 0.0354 e. The van der Waals surface area contributed by atoms with Crippen molar-refractivity contribution in [3.63, 3.8) is 0 Å². The van der Waals surface area contributed by atoms with E-state index in [2.05, 4.69) is 23.8 Å². The van der Waals surface area contributed by atoms with Crippen molar-refractivity contribution < 1.29 is 0 Å². The van der Waals surface area contributed by atoms with Gasteiger partial charge in [-0.25, -0.2) is 0 Å². The molecule has 0 saturated carbocycles. The lowest BCUT2D eigenvalue weighted by Gasteiger charge is -2.25. The van der Waals surface area contributed by atoms with Crippen LogP contribution in [0.1, 0.15) is 6.42 Å². The summed E-state index contributed by atoms with van der Waals surface area (Å²) < 4.78 is 0. The average molecular weight is 150 g/mol. The molecule has 2 unspecified atom stereocenters. The number of allylic oxidation sites excluding steroid dienone is 1. The van der Waals surface area contributed by atoms with Gasteiger partial charge in [-0.1, -0.05) is 13.2 Å². The average Bonchev–Trinajstić information content (AvgIpc) is 2.30. The molecule has 0 radical (unpaired) electrons. The maximum Gasteiger partial charge on any atom is 0.0354 e. The van der Waals surface area contributed by atoms with Crippen LogP contribution in [0.3, 0.4) is 0 Å². The van der Waals surface area contributed by atoms with Crippen LogP contribution in [0.15, 0.2) is 24.4 Å². The molecule has 0 aliphatic carbocycles. The maximum atomic E-state index is 4.02. The molecule has 0 aromatic heterocycles. The number of hydrogen-bond donors (Lipinski definition) is 2. The van der Waals surface area contributed by atoms with E-state index in [0.717, 1.165) is 18.8 Å². The topological polar surface area (TPSA) is 24.1 Å². The fourth-order valence-corrected chi connectivity index (χ4v) is 1.94. The fraction of sp³-hybridized carbons (Fsp3) is 0.556. The van der Waals surface area contributed by atoms with E-state index < -0.39 is 0 Å². The Labute approximate surface area is 67.4 Å². The lowest BCUT2D eigenvalue weighted by Crippen LogP contribution is -2.41. The predicted molar refractivity (Wildman–Crippen MR) is 46.2 cm³/mol. The molecule has 2 saturated heterocycles. The van der Waals surface area contributed by atoms with Crippen LogP contribution in [0.5, 0.6) is 0 Å². The molecule has 0 amide bonds. The number of nitrogens with one attached hydrogen (secondary N) is 2. The molecular formula is C9H14N2. The molecule has 2 aliphatic rings. The quantitative estimate of drug-likeness (QED) is 0.529. The van der Waals surface area contributed by atoms with Gasteiger partial charge in [-0.2, -0.15) is 0 Å². The minimum absolute atomic E-state index is 0.594. The number of hydrogen-bond acceptors (Lipinski definition) is 2. The molecule has 0 aromatic rings. The second-order valence-electron chi connectivity index (χ2n) is 3.35. The van der Waals surface area contributed by atoms with Crippen LogP contribution in [0.4, 0.5) is 0 Å². The highest BCUT2D eigenvalue weighted by Crippen LogP contribution is 2.29. The first kappa shape index (κ1) is 6.92. The van der Waals surface area contributed by atoms with Crippen molar-refractivity contribution in [3.05, 3.63) is 24.4 Å². The van der Waals surface area contributed by atoms with Crippen molar-refractivity contribution in [2.75, 3.05) is 13.1 Å². The summed E-state index contributed by atoms with van der Waals surface area (Å²) in [6.07, 6.45) is 1.20. The first-order valence-corrected chi connectivity index (χ1v) is 4.14. The molecule has 2 heterocycles. The Balaban J connectivity index is 2.18. The third kappa shape index (κ3) is 0.979. The molecule has 2 fully saturated rings. The molecule has 2 N–H and O–H groups in total. The summed E-state index contributed by atoms with van der Waals surface area (Å²) in [5, 5.41) is 6.74. The van der Waals surface area contributed by atoms with Crippen molar-refractivity contribution in [1.82, 2.24) is 10.6 Å². The Morgan fingerprint density at radius 2 is 2.18 bits per heavy atom. The van der Waals surface area contributed by atoms with Gasteiger partial charge in [0, 0.05) is 24.2 Å². The molecule has 11 heavy (non-hydrogen) atoms. The third-order valence-electron chi connectivity index (χ3n) is 2.68. The van der Waals surface area contributed by atoms with Gasteiger partial charge < -0.3 is 10.6 Å². The zero-order valence-corrected chi connectivity index (χ0v) is 6.69. The Hall–Kier alpha value is -0.760. The summed E-state index contributed by atoms with van der Waals surface area (Å²) >= 11 is 0. The van der Waals surface area contributed by atoms with Crippen LogP contribution in [0.25, 0.3) is 0 Å². The van der Waals surface area contributed by atoms with E-state index in [4.69, 9.17) is 0 Å². The zero-order chi connectivity index (χ0) is 7.84. The van der Waals surface area contributed by atoms with E-state index in [0.29, 0.717) is 12.0 Å². The SMILES string of the molecule is C=C1NC2CCNCC2C1=C. The van der Waals surface area contributed by atoms with Gasteiger partial charge in [0.05, 0.1) is 0 Å². The fourth-order valence-electron chi connectivity index (χ4n) is 1.94. The monoisotopic (exact) mass is 150 g/mol. The first-order valence-electron chi connectivity index (χ1n) is 4.14. The van der Waals surface area contributed by atoms with Crippen LogP contribution in [-0.4, -0.2) is 19.1 Å². The van der Waals surface area contributed by atoms with Gasteiger partial charge in [0.1, 0.15) is 0 Å². The van der Waals surface area contributed by atoms with Crippen LogP contribution < -0.4 is 10.6 Å². The van der Waals surface area contributed by atoms with Gasteiger partial charge in [-0.05, 0) is 18.5 Å². The molecule has 2 rings (SSSR count). The van der Waals surface area contributed by atoms with E-state index in [1.54, 1.807) is 0 Å². The highest BCUT2D eigenvalue weighted by Gasteiger charge is 2.33. The van der Waals surface area contributed by atoms with Gasteiger partial charge in [-0.3, -0.25) is 0 Å². The van der Waals surface area contributed by atoms with Crippen molar-refractivity contribution >= 4 is 0 Å². The largest absolute Gasteiger partial charge is 0.382 e. The van der Waals surface area contributed by atoms with Crippen LogP contribution in [-0.2, 0) is 0 Å². The van der Waals surface area contributed by atoms with Gasteiger partial charge in [-0.15, -0.1) is 0 Å². The normalized spacial score (nSPS) is 36.7. The van der Waals surface area contributed by atoms with Crippen LogP contribution in [0, 0.1) is 5.92 Å². The summed E-state index contributed by atoms with van der Waals surface area (Å²) in [6.45, 7) is 10.1. The van der Waals surface area contributed by atoms with Crippen molar-refractivity contribution in [2.45, 2.75) is 12.5 Å². The van der Waals surface area contributed by atoms with Crippen LogP contribution >= 0.6 is 0 Å². The summed E-state index contributed by atoms with van der Waals surface area (Å²) in [6, 6.07) is 0.608. The zero-order valence-electron chi connectivity index (χ0n) is 6.69. The molecule has 2 nitrogen and oxygen atoms in total. The van der Waals surface area contributed by atoms with Gasteiger partial charge in [0.2, 0.25) is 0 Å². The van der Waals surface area contributed by atoms with E-state index >= 15 is 0 Å². The molecule has 0 aromatic carbocycles. The van der Waals surface area contributed by atoms with Gasteiger partial charge in [0.25, 0.3) is 0 Å². The lowest BCUT2D eigenvalue weighted by atomic mass is 9.91. The Bertz CT molecular complexity index is 208. The van der Waals surface area contributed by atoms with Crippen molar-refractivity contribution in [1.29, 1.82) is 0 Å². The van der Waals surface area contributed by atoms with Crippen LogP contribution in [0.2, 0.25) is 0 Å². The highest BCUT2D eigenvalue weighted by atomic mass is 15.0. The summed E-state index contributed by atoms with van der Waals surface area (Å²) in [7, 11) is 0. The summed E-state index contributed by atoms with van der Waals surface area (Å²) in [5.74, 6) is 0.594. The van der Waals surface area contributed by atoms with Gasteiger partial charge >= 0.3 is 0 Å². The highest BCUT2D eigenvalue weighted by molar-refractivity contribution is 5.34. The minimum Gasteiger partial charge on any atom is -0.382 e. The number of rotatable bonds is 0. The second kappa shape index (κ2) is 2.38. The standard InChI is InChI=1S/C9H14N2/c1-6-7(2)11-9-3-4-10-5-8(6)9/h8-11H,1-5H2. The Morgan fingerprint density at radius 3 is 2.91 bits per heavy atom. The molecule has 2 aliphatic heterocycles. The Morgan fingerprint density at radius 1 is 1.36 bits per heavy atom. The predicted octanol–water partition coefficient (Wildman–Crippen LogP) is 0.638. The van der Waals surface area contributed by atoms with Crippen molar-refractivity contribution in [2.24, 2.45) is 5.92 Å². The maximum absolute atomic E-state index is 4.02. The first-order chi connectivity index (χ1) is 5.29. The summed E-state index contributed by atoms with van der Waals surface area (Å²) in [5.41, 5.74) is 2.24. The van der Waals surface area contributed by atoms with E-state index in [1.165, 1.54) is 12.0 Å². The minimum atomic E-state index is 0.594.